The van der Waals surface area contributed by atoms with E-state index < -0.39 is 29.0 Å². The number of carbonyl (C=O) groups excluding carboxylic acids is 1. The van der Waals surface area contributed by atoms with Crippen molar-refractivity contribution in [3.8, 4) is 12.3 Å². The molecule has 24 heavy (non-hydrogen) atoms. The molecule has 0 aliphatic heterocycles. The number of aliphatic hydroxyl groups excluding tert-OH is 1. The van der Waals surface area contributed by atoms with Gasteiger partial charge in [-0.3, -0.25) is 4.79 Å². The number of benzene rings is 2. The quantitative estimate of drug-likeness (QED) is 0.756. The van der Waals surface area contributed by atoms with Gasteiger partial charge in [-0.2, -0.15) is 0 Å². The lowest BCUT2D eigenvalue weighted by molar-refractivity contribution is 0.0963. The number of aliphatic hydroxyl groups is 1. The molecule has 0 radical (unpaired) electrons. The van der Waals surface area contributed by atoms with Gasteiger partial charge in [0, 0.05) is 19.7 Å². The van der Waals surface area contributed by atoms with Crippen LogP contribution in [-0.4, -0.2) is 25.2 Å². The zero-order valence-electron chi connectivity index (χ0n) is 13.0. The molecular weight excluding hydrogens is 321 g/mol. The summed E-state index contributed by atoms with van der Waals surface area (Å²) in [6, 6.07) is 5.71. The van der Waals surface area contributed by atoms with E-state index in [-0.39, 0.29) is 11.3 Å². The van der Waals surface area contributed by atoms with Gasteiger partial charge >= 0.3 is 0 Å². The molecular formula is C17H15F3N2O2. The molecule has 2 aromatic rings. The van der Waals surface area contributed by atoms with Crippen molar-refractivity contribution in [1.82, 2.24) is 5.32 Å². The fraction of sp³-hybridized carbons (Fsp3) is 0.118. The van der Waals surface area contributed by atoms with Gasteiger partial charge in [0.2, 0.25) is 0 Å². The van der Waals surface area contributed by atoms with Gasteiger partial charge in [-0.05, 0) is 30.3 Å². The number of hydrogen-bond acceptors (Lipinski definition) is 3. The molecule has 0 aliphatic rings. The molecule has 0 unspecified atom stereocenters. The van der Waals surface area contributed by atoms with Crippen LogP contribution < -0.4 is 10.6 Å². The highest BCUT2D eigenvalue weighted by molar-refractivity contribution is 6.00. The van der Waals surface area contributed by atoms with E-state index in [9.17, 15) is 18.0 Å². The summed E-state index contributed by atoms with van der Waals surface area (Å²) in [4.78, 5) is 11.7. The van der Waals surface area contributed by atoms with Crippen molar-refractivity contribution in [2.75, 3.05) is 19.5 Å². The number of amides is 1. The van der Waals surface area contributed by atoms with Gasteiger partial charge in [0.05, 0.1) is 16.9 Å². The van der Waals surface area contributed by atoms with Crippen molar-refractivity contribution in [2.24, 2.45) is 0 Å². The number of hydrogen-bond donors (Lipinski definition) is 3. The first-order valence-electron chi connectivity index (χ1n) is 6.66. The summed E-state index contributed by atoms with van der Waals surface area (Å²) < 4.78 is 41.2. The molecule has 1 amide bonds. The second-order valence-corrected chi connectivity index (χ2v) is 4.33. The highest BCUT2D eigenvalue weighted by Crippen LogP contribution is 2.28. The van der Waals surface area contributed by atoms with Gasteiger partial charge in [-0.15, -0.1) is 6.42 Å². The number of rotatable bonds is 3. The summed E-state index contributed by atoms with van der Waals surface area (Å²) in [6.45, 7) is 0. The minimum absolute atomic E-state index is 0.131. The smallest absolute Gasteiger partial charge is 0.253 e. The molecule has 2 aromatic carbocycles. The summed E-state index contributed by atoms with van der Waals surface area (Å²) in [5.41, 5.74) is -0.434. The van der Waals surface area contributed by atoms with Crippen molar-refractivity contribution < 1.29 is 23.1 Å². The fourth-order valence-corrected chi connectivity index (χ4v) is 1.84. The van der Waals surface area contributed by atoms with E-state index in [1.54, 1.807) is 0 Å². The SMILES string of the molecule is C#Cc1ccc(Nc2c(C(=O)NC)ccc(F)c2F)c(F)c1.CO. The molecule has 0 saturated heterocycles. The topological polar surface area (TPSA) is 61.4 Å². The van der Waals surface area contributed by atoms with Crippen LogP contribution in [0.5, 0.6) is 0 Å². The van der Waals surface area contributed by atoms with Crippen LogP contribution in [0.1, 0.15) is 15.9 Å². The first kappa shape index (κ1) is 19.1. The number of terminal acetylenes is 1. The van der Waals surface area contributed by atoms with Gasteiger partial charge in [-0.25, -0.2) is 13.2 Å². The number of nitrogens with one attached hydrogen (secondary N) is 2. The van der Waals surface area contributed by atoms with Crippen LogP contribution in [0, 0.1) is 29.8 Å². The van der Waals surface area contributed by atoms with Gasteiger partial charge in [0.1, 0.15) is 5.82 Å². The summed E-state index contributed by atoms with van der Waals surface area (Å²) in [5.74, 6) is -1.57. The van der Waals surface area contributed by atoms with Crippen molar-refractivity contribution >= 4 is 17.3 Å². The molecule has 4 nitrogen and oxygen atoms in total. The highest BCUT2D eigenvalue weighted by Gasteiger charge is 2.19. The molecule has 0 aliphatic carbocycles. The molecule has 0 saturated carbocycles. The van der Waals surface area contributed by atoms with Crippen molar-refractivity contribution in [3.05, 3.63) is 58.9 Å². The van der Waals surface area contributed by atoms with Gasteiger partial charge in [0.25, 0.3) is 5.91 Å². The van der Waals surface area contributed by atoms with Crippen molar-refractivity contribution in [3.63, 3.8) is 0 Å². The summed E-state index contributed by atoms with van der Waals surface area (Å²) in [6.07, 6.45) is 5.15. The largest absolute Gasteiger partial charge is 0.400 e. The summed E-state index contributed by atoms with van der Waals surface area (Å²) >= 11 is 0. The average molecular weight is 336 g/mol. The van der Waals surface area contributed by atoms with E-state index in [1.165, 1.54) is 19.2 Å². The maximum absolute atomic E-state index is 13.9. The molecule has 0 atom stereocenters. The molecule has 0 bridgehead atoms. The third kappa shape index (κ3) is 4.06. The lowest BCUT2D eigenvalue weighted by Crippen LogP contribution is -2.20. The van der Waals surface area contributed by atoms with Crippen LogP contribution >= 0.6 is 0 Å². The predicted molar refractivity (Wildman–Crippen MR) is 85.5 cm³/mol. The average Bonchev–Trinajstić information content (AvgIpc) is 2.61. The van der Waals surface area contributed by atoms with E-state index in [2.05, 4.69) is 16.6 Å². The zero-order valence-corrected chi connectivity index (χ0v) is 13.0. The van der Waals surface area contributed by atoms with Crippen LogP contribution in [0.2, 0.25) is 0 Å². The Hall–Kier alpha value is -2.98. The standard InChI is InChI=1S/C16H11F3N2O.CH4O/c1-3-9-4-7-13(12(18)8-9)21-15-10(16(22)20-2)5-6-11(17)14(15)19;1-2/h1,4-8,21H,2H3,(H,20,22);2H,1H3. The normalized spacial score (nSPS) is 9.38. The molecule has 7 heteroatoms. The third-order valence-electron chi connectivity index (χ3n) is 2.96. The number of halogens is 3. The van der Waals surface area contributed by atoms with E-state index >= 15 is 0 Å². The maximum atomic E-state index is 13.9. The van der Waals surface area contributed by atoms with Crippen LogP contribution in [-0.2, 0) is 0 Å². The minimum Gasteiger partial charge on any atom is -0.400 e. The van der Waals surface area contributed by atoms with Crippen LogP contribution in [0.4, 0.5) is 24.5 Å². The Morgan fingerprint density at radius 2 is 1.79 bits per heavy atom. The fourth-order valence-electron chi connectivity index (χ4n) is 1.84. The third-order valence-corrected chi connectivity index (χ3v) is 2.96. The van der Waals surface area contributed by atoms with Gasteiger partial charge in [0.15, 0.2) is 11.6 Å². The lowest BCUT2D eigenvalue weighted by atomic mass is 10.1. The predicted octanol–water partition coefficient (Wildman–Crippen LogP) is 2.80. The van der Waals surface area contributed by atoms with Crippen molar-refractivity contribution in [1.29, 1.82) is 0 Å². The van der Waals surface area contributed by atoms with E-state index in [1.807, 2.05) is 0 Å². The number of anilines is 2. The Morgan fingerprint density at radius 3 is 2.33 bits per heavy atom. The van der Waals surface area contributed by atoms with Gasteiger partial charge in [-0.1, -0.05) is 5.92 Å². The number of carbonyl (C=O) groups is 1. The molecule has 126 valence electrons. The Bertz CT molecular complexity index is 786. The molecule has 0 heterocycles. The molecule has 0 aromatic heterocycles. The first-order chi connectivity index (χ1) is 11.5. The molecule has 0 fully saturated rings. The molecule has 0 spiro atoms. The molecule has 3 N–H and O–H groups in total. The maximum Gasteiger partial charge on any atom is 0.253 e. The molecule has 2 rings (SSSR count). The lowest BCUT2D eigenvalue weighted by Gasteiger charge is -2.13. The second-order valence-electron chi connectivity index (χ2n) is 4.33. The van der Waals surface area contributed by atoms with Gasteiger partial charge < -0.3 is 15.7 Å². The Kier molecular flexibility index (Phi) is 6.83. The second kappa shape index (κ2) is 8.60. The Labute approximate surface area is 137 Å². The Morgan fingerprint density at radius 1 is 1.12 bits per heavy atom. The Balaban J connectivity index is 0.00000139. The minimum atomic E-state index is -1.28. The van der Waals surface area contributed by atoms with Crippen molar-refractivity contribution in [2.45, 2.75) is 0 Å². The zero-order chi connectivity index (χ0) is 18.3. The van der Waals surface area contributed by atoms with E-state index in [0.29, 0.717) is 5.56 Å². The van der Waals surface area contributed by atoms with E-state index in [0.717, 1.165) is 25.3 Å². The summed E-state index contributed by atoms with van der Waals surface area (Å²) in [5, 5.41) is 11.7. The van der Waals surface area contributed by atoms with Crippen LogP contribution in [0.3, 0.4) is 0 Å². The first-order valence-corrected chi connectivity index (χ1v) is 6.66. The monoisotopic (exact) mass is 336 g/mol. The van der Waals surface area contributed by atoms with E-state index in [4.69, 9.17) is 11.5 Å². The van der Waals surface area contributed by atoms with Crippen LogP contribution in [0.25, 0.3) is 0 Å². The summed E-state index contributed by atoms with van der Waals surface area (Å²) in [7, 11) is 2.34. The van der Waals surface area contributed by atoms with Crippen LogP contribution in [0.15, 0.2) is 30.3 Å². The highest BCUT2D eigenvalue weighted by atomic mass is 19.2.